The number of H-pyrrole nitrogens is 1. The molecule has 3 aromatic rings. The average Bonchev–Trinajstić information content (AvgIpc) is 2.97. The van der Waals surface area contributed by atoms with Gasteiger partial charge in [0.05, 0.1) is 22.4 Å². The number of aromatic nitrogens is 2. The van der Waals surface area contributed by atoms with Crippen LogP contribution in [0.25, 0.3) is 11.0 Å². The summed E-state index contributed by atoms with van der Waals surface area (Å²) < 4.78 is 0. The van der Waals surface area contributed by atoms with Gasteiger partial charge in [-0.3, -0.25) is 4.79 Å². The van der Waals surface area contributed by atoms with Crippen molar-refractivity contribution in [2.45, 2.75) is 6.92 Å². The number of aryl methyl sites for hydroxylation is 1. The van der Waals surface area contributed by atoms with Gasteiger partial charge in [0.1, 0.15) is 5.52 Å². The Bertz CT molecular complexity index is 714. The van der Waals surface area contributed by atoms with Gasteiger partial charge in [-0.25, -0.2) is 4.98 Å². The predicted octanol–water partition coefficient (Wildman–Crippen LogP) is 3.19. The lowest BCUT2D eigenvalue weighted by Gasteiger charge is -2.05. The van der Waals surface area contributed by atoms with Gasteiger partial charge in [0.25, 0.3) is 5.91 Å². The highest BCUT2D eigenvalue weighted by atomic mass is 32.1. The molecule has 0 atom stereocenters. The van der Waals surface area contributed by atoms with Crippen molar-refractivity contribution in [3.8, 4) is 0 Å². The molecule has 2 heterocycles. The predicted molar refractivity (Wildman–Crippen MR) is 73.1 cm³/mol. The smallest absolute Gasteiger partial charge is 0.266 e. The SMILES string of the molecule is Cc1ccsc1C(=O)Nc1cccc2[nH]cnc12. The van der Waals surface area contributed by atoms with Crippen LogP contribution in [0.4, 0.5) is 5.69 Å². The number of benzene rings is 1. The molecular formula is C13H11N3OS. The summed E-state index contributed by atoms with van der Waals surface area (Å²) in [6, 6.07) is 7.60. The molecule has 1 amide bonds. The molecule has 1 aromatic carbocycles. The Morgan fingerprint density at radius 2 is 2.28 bits per heavy atom. The Morgan fingerprint density at radius 3 is 3.06 bits per heavy atom. The number of carbonyl (C=O) groups excluding carboxylic acids is 1. The van der Waals surface area contributed by atoms with Crippen molar-refractivity contribution in [2.75, 3.05) is 5.32 Å². The molecular weight excluding hydrogens is 246 g/mol. The van der Waals surface area contributed by atoms with E-state index >= 15 is 0 Å². The number of aromatic amines is 1. The molecule has 0 spiro atoms. The third-order valence-corrected chi connectivity index (χ3v) is 3.78. The van der Waals surface area contributed by atoms with Crippen molar-refractivity contribution in [3.05, 3.63) is 46.4 Å². The summed E-state index contributed by atoms with van der Waals surface area (Å²) in [6.07, 6.45) is 1.62. The third kappa shape index (κ3) is 1.78. The first-order chi connectivity index (χ1) is 8.75. The van der Waals surface area contributed by atoms with Crippen LogP contribution in [0.3, 0.4) is 0 Å². The van der Waals surface area contributed by atoms with Crippen LogP contribution in [-0.2, 0) is 0 Å². The molecule has 0 bridgehead atoms. The van der Waals surface area contributed by atoms with Crippen molar-refractivity contribution in [3.63, 3.8) is 0 Å². The lowest BCUT2D eigenvalue weighted by atomic mass is 10.2. The minimum atomic E-state index is -0.0852. The van der Waals surface area contributed by atoms with Gasteiger partial charge in [0.15, 0.2) is 0 Å². The van der Waals surface area contributed by atoms with Gasteiger partial charge in [-0.1, -0.05) is 6.07 Å². The molecule has 0 unspecified atom stereocenters. The van der Waals surface area contributed by atoms with Crippen molar-refractivity contribution in [1.82, 2.24) is 9.97 Å². The van der Waals surface area contributed by atoms with Crippen molar-refractivity contribution < 1.29 is 4.79 Å². The number of imidazole rings is 1. The van der Waals surface area contributed by atoms with E-state index in [4.69, 9.17) is 0 Å². The van der Waals surface area contributed by atoms with E-state index < -0.39 is 0 Å². The Hall–Kier alpha value is -2.14. The fourth-order valence-corrected chi connectivity index (χ4v) is 2.67. The summed E-state index contributed by atoms with van der Waals surface area (Å²) in [7, 11) is 0. The van der Waals surface area contributed by atoms with E-state index in [1.165, 1.54) is 11.3 Å². The maximum absolute atomic E-state index is 12.1. The molecule has 2 aromatic heterocycles. The zero-order chi connectivity index (χ0) is 12.5. The van der Waals surface area contributed by atoms with E-state index in [2.05, 4.69) is 15.3 Å². The summed E-state index contributed by atoms with van der Waals surface area (Å²) in [5.41, 5.74) is 3.41. The normalized spacial score (nSPS) is 10.7. The van der Waals surface area contributed by atoms with E-state index in [0.717, 1.165) is 27.2 Å². The summed E-state index contributed by atoms with van der Waals surface area (Å²) in [6.45, 7) is 1.93. The van der Waals surface area contributed by atoms with Crippen LogP contribution in [-0.4, -0.2) is 15.9 Å². The van der Waals surface area contributed by atoms with Crippen molar-refractivity contribution in [1.29, 1.82) is 0 Å². The maximum atomic E-state index is 12.1. The molecule has 0 saturated heterocycles. The Kier molecular flexibility index (Phi) is 2.60. The highest BCUT2D eigenvalue weighted by molar-refractivity contribution is 7.12. The standard InChI is InChI=1S/C13H11N3OS/c1-8-5-6-18-12(8)13(17)16-10-4-2-3-9-11(10)15-7-14-9/h2-7H,1H3,(H,14,15)(H,16,17). The van der Waals surface area contributed by atoms with E-state index in [9.17, 15) is 4.79 Å². The number of thiophene rings is 1. The average molecular weight is 257 g/mol. The lowest BCUT2D eigenvalue weighted by molar-refractivity contribution is 0.103. The molecule has 0 aliphatic heterocycles. The second-order valence-electron chi connectivity index (χ2n) is 3.99. The van der Waals surface area contributed by atoms with E-state index in [0.29, 0.717) is 0 Å². The quantitative estimate of drug-likeness (QED) is 0.740. The second kappa shape index (κ2) is 4.27. The van der Waals surface area contributed by atoms with Crippen LogP contribution in [0.5, 0.6) is 0 Å². The zero-order valence-corrected chi connectivity index (χ0v) is 10.5. The van der Waals surface area contributed by atoms with Gasteiger partial charge in [0, 0.05) is 0 Å². The lowest BCUT2D eigenvalue weighted by Crippen LogP contribution is -2.11. The van der Waals surface area contributed by atoms with Gasteiger partial charge in [0.2, 0.25) is 0 Å². The fraction of sp³-hybridized carbons (Fsp3) is 0.0769. The Morgan fingerprint density at radius 1 is 1.39 bits per heavy atom. The molecule has 3 rings (SSSR count). The molecule has 18 heavy (non-hydrogen) atoms. The number of para-hydroxylation sites is 1. The van der Waals surface area contributed by atoms with E-state index in [-0.39, 0.29) is 5.91 Å². The molecule has 0 radical (unpaired) electrons. The van der Waals surface area contributed by atoms with Crippen molar-refractivity contribution in [2.24, 2.45) is 0 Å². The van der Waals surface area contributed by atoms with E-state index in [1.54, 1.807) is 6.33 Å². The number of fused-ring (bicyclic) bond motifs is 1. The zero-order valence-electron chi connectivity index (χ0n) is 9.73. The molecule has 4 nitrogen and oxygen atoms in total. The highest BCUT2D eigenvalue weighted by Gasteiger charge is 2.12. The highest BCUT2D eigenvalue weighted by Crippen LogP contribution is 2.22. The van der Waals surface area contributed by atoms with E-state index in [1.807, 2.05) is 36.6 Å². The molecule has 2 N–H and O–H groups in total. The first kappa shape index (κ1) is 11.0. The molecule has 0 saturated carbocycles. The minimum absolute atomic E-state index is 0.0852. The first-order valence-electron chi connectivity index (χ1n) is 5.53. The molecule has 0 aliphatic carbocycles. The van der Waals surface area contributed by atoms with Crippen LogP contribution in [0.15, 0.2) is 36.0 Å². The van der Waals surface area contributed by atoms with Gasteiger partial charge < -0.3 is 10.3 Å². The van der Waals surface area contributed by atoms with Gasteiger partial charge >= 0.3 is 0 Å². The van der Waals surface area contributed by atoms with Gasteiger partial charge in [-0.05, 0) is 36.1 Å². The number of anilines is 1. The molecule has 0 fully saturated rings. The van der Waals surface area contributed by atoms with Crippen molar-refractivity contribution >= 4 is 34.0 Å². The molecule has 90 valence electrons. The summed E-state index contributed by atoms with van der Waals surface area (Å²) in [4.78, 5) is 20.1. The Balaban J connectivity index is 1.95. The number of amides is 1. The number of nitrogens with zero attached hydrogens (tertiary/aromatic N) is 1. The third-order valence-electron chi connectivity index (χ3n) is 2.77. The largest absolute Gasteiger partial charge is 0.345 e. The van der Waals surface area contributed by atoms with Crippen LogP contribution >= 0.6 is 11.3 Å². The fourth-order valence-electron chi connectivity index (χ4n) is 1.85. The van der Waals surface area contributed by atoms with Crippen LogP contribution in [0, 0.1) is 6.92 Å². The first-order valence-corrected chi connectivity index (χ1v) is 6.41. The van der Waals surface area contributed by atoms with Crippen LogP contribution in [0.2, 0.25) is 0 Å². The Labute approximate surface area is 108 Å². The summed E-state index contributed by atoms with van der Waals surface area (Å²) in [5.74, 6) is -0.0852. The van der Waals surface area contributed by atoms with Gasteiger partial charge in [-0.2, -0.15) is 0 Å². The summed E-state index contributed by atoms with van der Waals surface area (Å²) >= 11 is 1.44. The number of rotatable bonds is 2. The summed E-state index contributed by atoms with van der Waals surface area (Å²) in [5, 5.41) is 4.82. The number of nitrogens with one attached hydrogen (secondary N) is 2. The molecule has 5 heteroatoms. The number of hydrogen-bond acceptors (Lipinski definition) is 3. The maximum Gasteiger partial charge on any atom is 0.266 e. The second-order valence-corrected chi connectivity index (χ2v) is 4.91. The van der Waals surface area contributed by atoms with Crippen LogP contribution < -0.4 is 5.32 Å². The topological polar surface area (TPSA) is 57.8 Å². The van der Waals surface area contributed by atoms with Crippen LogP contribution in [0.1, 0.15) is 15.2 Å². The monoisotopic (exact) mass is 257 g/mol. The van der Waals surface area contributed by atoms with Gasteiger partial charge in [-0.15, -0.1) is 11.3 Å². The minimum Gasteiger partial charge on any atom is -0.345 e. The number of hydrogen-bond donors (Lipinski definition) is 2. The molecule has 0 aliphatic rings. The number of carbonyl (C=O) groups is 1.